The van der Waals surface area contributed by atoms with Crippen LogP contribution in [0.25, 0.3) is 11.4 Å². The van der Waals surface area contributed by atoms with E-state index in [4.69, 9.17) is 10.7 Å². The van der Waals surface area contributed by atoms with Crippen LogP contribution in [0.5, 0.6) is 0 Å². The molecule has 0 unspecified atom stereocenters. The number of aromatic amines is 1. The monoisotopic (exact) mass is 346 g/mol. The molecule has 5 heteroatoms. The van der Waals surface area contributed by atoms with Crippen LogP contribution in [-0.2, 0) is 19.5 Å². The molecule has 0 saturated carbocycles. The number of hydrogen-bond acceptors (Lipinski definition) is 4. The smallest absolute Gasteiger partial charge is 0.254 e. The van der Waals surface area contributed by atoms with Crippen molar-refractivity contribution in [3.05, 3.63) is 81.3 Å². The SMILES string of the molecule is Cc1cccc(CN2CCc3c(nc(-c4ccc(N)cc4)[nH]c3=O)C2)c1. The number of nitrogens with zero attached hydrogens (tertiary/aromatic N) is 2. The zero-order valence-corrected chi connectivity index (χ0v) is 14.8. The van der Waals surface area contributed by atoms with Crippen LogP contribution < -0.4 is 11.3 Å². The molecular formula is C21H22N4O. The van der Waals surface area contributed by atoms with Crippen molar-refractivity contribution in [3.63, 3.8) is 0 Å². The number of benzene rings is 2. The topological polar surface area (TPSA) is 75.0 Å². The van der Waals surface area contributed by atoms with E-state index in [2.05, 4.69) is 41.1 Å². The third kappa shape index (κ3) is 3.39. The molecule has 1 aromatic heterocycles. The Kier molecular flexibility index (Phi) is 4.31. The molecule has 1 aliphatic rings. The molecule has 0 saturated heterocycles. The van der Waals surface area contributed by atoms with Crippen molar-refractivity contribution in [3.8, 4) is 11.4 Å². The van der Waals surface area contributed by atoms with E-state index in [0.717, 1.165) is 36.3 Å². The lowest BCUT2D eigenvalue weighted by Gasteiger charge is -2.27. The van der Waals surface area contributed by atoms with Crippen molar-refractivity contribution in [2.24, 2.45) is 0 Å². The molecule has 2 heterocycles. The van der Waals surface area contributed by atoms with E-state index in [1.807, 2.05) is 24.3 Å². The summed E-state index contributed by atoms with van der Waals surface area (Å²) in [5, 5.41) is 0. The molecule has 132 valence electrons. The minimum atomic E-state index is -0.0305. The molecule has 5 nitrogen and oxygen atoms in total. The summed E-state index contributed by atoms with van der Waals surface area (Å²) < 4.78 is 0. The second-order valence-electron chi connectivity index (χ2n) is 6.91. The summed E-state index contributed by atoms with van der Waals surface area (Å²) in [6.07, 6.45) is 0.728. The van der Waals surface area contributed by atoms with Gasteiger partial charge in [0.05, 0.1) is 5.69 Å². The Morgan fingerprint density at radius 2 is 2.00 bits per heavy atom. The Morgan fingerprint density at radius 3 is 2.77 bits per heavy atom. The second-order valence-corrected chi connectivity index (χ2v) is 6.91. The van der Waals surface area contributed by atoms with Gasteiger partial charge in [-0.3, -0.25) is 9.69 Å². The zero-order chi connectivity index (χ0) is 18.1. The van der Waals surface area contributed by atoms with Crippen LogP contribution in [0, 0.1) is 6.92 Å². The Balaban J connectivity index is 1.61. The summed E-state index contributed by atoms with van der Waals surface area (Å²) in [7, 11) is 0. The summed E-state index contributed by atoms with van der Waals surface area (Å²) in [6, 6.07) is 16.0. The molecule has 0 fully saturated rings. The van der Waals surface area contributed by atoms with E-state index in [1.54, 1.807) is 0 Å². The van der Waals surface area contributed by atoms with E-state index >= 15 is 0 Å². The molecule has 3 N–H and O–H groups in total. The molecule has 2 aromatic carbocycles. The quantitative estimate of drug-likeness (QED) is 0.715. The molecule has 26 heavy (non-hydrogen) atoms. The highest BCUT2D eigenvalue weighted by atomic mass is 16.1. The van der Waals surface area contributed by atoms with E-state index in [0.29, 0.717) is 18.1 Å². The van der Waals surface area contributed by atoms with Gasteiger partial charge in [0, 0.05) is 36.4 Å². The predicted octanol–water partition coefficient (Wildman–Crippen LogP) is 2.89. The summed E-state index contributed by atoms with van der Waals surface area (Å²) in [5.74, 6) is 0.603. The fourth-order valence-electron chi connectivity index (χ4n) is 3.48. The van der Waals surface area contributed by atoms with Crippen molar-refractivity contribution in [2.45, 2.75) is 26.4 Å². The van der Waals surface area contributed by atoms with Crippen molar-refractivity contribution >= 4 is 5.69 Å². The maximum Gasteiger partial charge on any atom is 0.254 e. The van der Waals surface area contributed by atoms with E-state index < -0.39 is 0 Å². The van der Waals surface area contributed by atoms with Crippen LogP contribution >= 0.6 is 0 Å². The third-order valence-electron chi connectivity index (χ3n) is 4.83. The minimum Gasteiger partial charge on any atom is -0.399 e. The van der Waals surface area contributed by atoms with E-state index in [-0.39, 0.29) is 5.56 Å². The van der Waals surface area contributed by atoms with Crippen molar-refractivity contribution in [1.82, 2.24) is 14.9 Å². The Bertz CT molecular complexity index is 992. The number of nitrogens with one attached hydrogen (secondary N) is 1. The highest BCUT2D eigenvalue weighted by Crippen LogP contribution is 2.21. The van der Waals surface area contributed by atoms with Crippen LogP contribution in [0.15, 0.2) is 53.3 Å². The van der Waals surface area contributed by atoms with Gasteiger partial charge >= 0.3 is 0 Å². The van der Waals surface area contributed by atoms with Gasteiger partial charge in [-0.25, -0.2) is 4.98 Å². The lowest BCUT2D eigenvalue weighted by molar-refractivity contribution is 0.240. The van der Waals surface area contributed by atoms with Gasteiger partial charge in [0.15, 0.2) is 0 Å². The van der Waals surface area contributed by atoms with Gasteiger partial charge in [-0.05, 0) is 43.2 Å². The lowest BCUT2D eigenvalue weighted by atomic mass is 10.0. The molecule has 0 radical (unpaired) electrons. The Morgan fingerprint density at radius 1 is 1.19 bits per heavy atom. The fraction of sp³-hybridized carbons (Fsp3) is 0.238. The van der Waals surface area contributed by atoms with Crippen molar-refractivity contribution in [1.29, 1.82) is 0 Å². The van der Waals surface area contributed by atoms with Crippen LogP contribution in [0.1, 0.15) is 22.4 Å². The lowest BCUT2D eigenvalue weighted by Crippen LogP contribution is -2.35. The van der Waals surface area contributed by atoms with Crippen LogP contribution in [0.4, 0.5) is 5.69 Å². The van der Waals surface area contributed by atoms with Gasteiger partial charge < -0.3 is 10.7 Å². The largest absolute Gasteiger partial charge is 0.399 e. The number of nitrogens with two attached hydrogens (primary N) is 1. The van der Waals surface area contributed by atoms with Crippen molar-refractivity contribution < 1.29 is 0 Å². The molecular weight excluding hydrogens is 324 g/mol. The first-order chi connectivity index (χ1) is 12.6. The average Bonchev–Trinajstić information content (AvgIpc) is 2.62. The van der Waals surface area contributed by atoms with Crippen molar-refractivity contribution in [2.75, 3.05) is 12.3 Å². The molecule has 4 rings (SSSR count). The highest BCUT2D eigenvalue weighted by molar-refractivity contribution is 5.58. The first-order valence-electron chi connectivity index (χ1n) is 8.84. The maximum atomic E-state index is 12.5. The maximum absolute atomic E-state index is 12.5. The molecule has 0 spiro atoms. The fourth-order valence-corrected chi connectivity index (χ4v) is 3.48. The number of nitrogen functional groups attached to an aromatic ring is 1. The van der Waals surface area contributed by atoms with E-state index in [1.165, 1.54) is 11.1 Å². The normalized spacial score (nSPS) is 14.2. The number of aromatic nitrogens is 2. The summed E-state index contributed by atoms with van der Waals surface area (Å²) in [4.78, 5) is 22.5. The van der Waals surface area contributed by atoms with Crippen LogP contribution in [-0.4, -0.2) is 21.4 Å². The summed E-state index contributed by atoms with van der Waals surface area (Å²) in [6.45, 7) is 4.53. The predicted molar refractivity (Wildman–Crippen MR) is 104 cm³/mol. The standard InChI is InChI=1S/C21H22N4O/c1-14-3-2-4-15(11-14)12-25-10-9-18-19(13-25)23-20(24-21(18)26)16-5-7-17(22)8-6-16/h2-8,11H,9-10,12-13,22H2,1H3,(H,23,24,26). The molecule has 0 atom stereocenters. The van der Waals surface area contributed by atoms with E-state index in [9.17, 15) is 4.79 Å². The Labute approximate surface area is 152 Å². The molecule has 0 bridgehead atoms. The molecule has 1 aliphatic heterocycles. The minimum absolute atomic E-state index is 0.0305. The van der Waals surface area contributed by atoms with Crippen LogP contribution in [0.2, 0.25) is 0 Å². The average molecular weight is 346 g/mol. The number of fused-ring (bicyclic) bond motifs is 1. The van der Waals surface area contributed by atoms with Gasteiger partial charge in [-0.15, -0.1) is 0 Å². The van der Waals surface area contributed by atoms with Crippen LogP contribution in [0.3, 0.4) is 0 Å². The number of rotatable bonds is 3. The number of anilines is 1. The van der Waals surface area contributed by atoms with Gasteiger partial charge in [0.1, 0.15) is 5.82 Å². The third-order valence-corrected chi connectivity index (χ3v) is 4.83. The van der Waals surface area contributed by atoms with Gasteiger partial charge in [0.25, 0.3) is 5.56 Å². The number of H-pyrrole nitrogens is 1. The first-order valence-corrected chi connectivity index (χ1v) is 8.84. The molecule has 3 aromatic rings. The molecule has 0 aliphatic carbocycles. The first kappa shape index (κ1) is 16.5. The summed E-state index contributed by atoms with van der Waals surface area (Å²) in [5.41, 5.74) is 11.5. The second kappa shape index (κ2) is 6.77. The number of aryl methyl sites for hydroxylation is 1. The molecule has 0 amide bonds. The van der Waals surface area contributed by atoms with Gasteiger partial charge in [0.2, 0.25) is 0 Å². The van der Waals surface area contributed by atoms with Gasteiger partial charge in [-0.1, -0.05) is 29.8 Å². The van der Waals surface area contributed by atoms with Gasteiger partial charge in [-0.2, -0.15) is 0 Å². The number of hydrogen-bond donors (Lipinski definition) is 2. The summed E-state index contributed by atoms with van der Waals surface area (Å²) >= 11 is 0. The highest BCUT2D eigenvalue weighted by Gasteiger charge is 2.21. The Hall–Kier alpha value is -2.92. The zero-order valence-electron chi connectivity index (χ0n) is 14.8.